The average Bonchev–Trinajstić information content (AvgIpc) is 2.17. The highest BCUT2D eigenvalue weighted by Gasteiger charge is 2.07. The fraction of sp³-hybridized carbons (Fsp3) is 0.900. The van der Waals surface area contributed by atoms with Crippen LogP contribution in [-0.2, 0) is 14.3 Å². The first-order valence-corrected chi connectivity index (χ1v) is 5.08. The molecule has 0 unspecified atom stereocenters. The smallest absolute Gasteiger partial charge is 0.307 e. The van der Waals surface area contributed by atoms with Crippen LogP contribution in [0.2, 0.25) is 0 Å². The fourth-order valence-electron chi connectivity index (χ4n) is 1.07. The van der Waals surface area contributed by atoms with Crippen molar-refractivity contribution in [2.24, 2.45) is 0 Å². The average molecular weight is 203 g/mol. The van der Waals surface area contributed by atoms with Gasteiger partial charge < -0.3 is 14.8 Å². The minimum absolute atomic E-state index is 0.170. The molecule has 1 N–H and O–H groups in total. The number of carbonyl (C=O) groups is 1. The van der Waals surface area contributed by atoms with Crippen molar-refractivity contribution in [2.75, 3.05) is 26.9 Å². The highest BCUT2D eigenvalue weighted by Crippen LogP contribution is 1.93. The number of esters is 1. The molecule has 0 aromatic carbocycles. The highest BCUT2D eigenvalue weighted by molar-refractivity contribution is 5.69. The monoisotopic (exact) mass is 203 g/mol. The van der Waals surface area contributed by atoms with E-state index in [4.69, 9.17) is 4.74 Å². The molecule has 0 fully saturated rings. The SMILES string of the molecule is CCOCCCN[C@@H](C)CC(=O)OC. The first-order valence-electron chi connectivity index (χ1n) is 5.08. The zero-order valence-electron chi connectivity index (χ0n) is 9.34. The van der Waals surface area contributed by atoms with Crippen molar-refractivity contribution in [3.8, 4) is 0 Å². The molecule has 4 heteroatoms. The maximum absolute atomic E-state index is 10.9. The molecular weight excluding hydrogens is 182 g/mol. The molecule has 0 rings (SSSR count). The van der Waals surface area contributed by atoms with Gasteiger partial charge in [-0.05, 0) is 26.8 Å². The van der Waals surface area contributed by atoms with Gasteiger partial charge in [0, 0.05) is 19.3 Å². The quantitative estimate of drug-likeness (QED) is 0.471. The van der Waals surface area contributed by atoms with E-state index in [2.05, 4.69) is 10.1 Å². The van der Waals surface area contributed by atoms with E-state index < -0.39 is 0 Å². The number of carbonyl (C=O) groups excluding carboxylic acids is 1. The third-order valence-corrected chi connectivity index (χ3v) is 1.86. The summed E-state index contributed by atoms with van der Waals surface area (Å²) < 4.78 is 9.75. The van der Waals surface area contributed by atoms with Crippen LogP contribution >= 0.6 is 0 Å². The van der Waals surface area contributed by atoms with E-state index in [0.717, 1.165) is 26.2 Å². The lowest BCUT2D eigenvalue weighted by Crippen LogP contribution is -2.30. The van der Waals surface area contributed by atoms with E-state index in [1.807, 2.05) is 13.8 Å². The number of methoxy groups -OCH3 is 1. The summed E-state index contributed by atoms with van der Waals surface area (Å²) >= 11 is 0. The van der Waals surface area contributed by atoms with E-state index in [1.165, 1.54) is 7.11 Å². The fourth-order valence-corrected chi connectivity index (χ4v) is 1.07. The van der Waals surface area contributed by atoms with Gasteiger partial charge in [-0.25, -0.2) is 0 Å². The minimum atomic E-state index is -0.171. The highest BCUT2D eigenvalue weighted by atomic mass is 16.5. The van der Waals surface area contributed by atoms with Crippen molar-refractivity contribution in [3.05, 3.63) is 0 Å². The van der Waals surface area contributed by atoms with Crippen LogP contribution in [0.25, 0.3) is 0 Å². The van der Waals surface area contributed by atoms with Gasteiger partial charge in [0.25, 0.3) is 0 Å². The Balaban J connectivity index is 3.26. The van der Waals surface area contributed by atoms with Crippen molar-refractivity contribution in [2.45, 2.75) is 32.7 Å². The zero-order chi connectivity index (χ0) is 10.8. The first kappa shape index (κ1) is 13.4. The Morgan fingerprint density at radius 1 is 1.50 bits per heavy atom. The largest absolute Gasteiger partial charge is 0.469 e. The Kier molecular flexibility index (Phi) is 8.57. The second-order valence-electron chi connectivity index (χ2n) is 3.19. The molecule has 0 aromatic rings. The Hall–Kier alpha value is -0.610. The summed E-state index contributed by atoms with van der Waals surface area (Å²) in [5.41, 5.74) is 0. The van der Waals surface area contributed by atoms with Crippen molar-refractivity contribution in [1.29, 1.82) is 0 Å². The summed E-state index contributed by atoms with van der Waals surface area (Å²) in [6, 6.07) is 0.170. The molecule has 0 aliphatic carbocycles. The predicted molar refractivity (Wildman–Crippen MR) is 55.2 cm³/mol. The third-order valence-electron chi connectivity index (χ3n) is 1.86. The number of hydrogen-bond donors (Lipinski definition) is 1. The van der Waals surface area contributed by atoms with Gasteiger partial charge in [0.05, 0.1) is 13.5 Å². The van der Waals surface area contributed by atoms with Crippen LogP contribution in [0.5, 0.6) is 0 Å². The second-order valence-corrected chi connectivity index (χ2v) is 3.19. The van der Waals surface area contributed by atoms with Crippen LogP contribution < -0.4 is 5.32 Å². The van der Waals surface area contributed by atoms with E-state index in [1.54, 1.807) is 0 Å². The summed E-state index contributed by atoms with van der Waals surface area (Å²) in [6.45, 7) is 6.36. The Labute approximate surface area is 86.0 Å². The summed E-state index contributed by atoms with van der Waals surface area (Å²) in [5.74, 6) is -0.171. The van der Waals surface area contributed by atoms with Crippen LogP contribution in [-0.4, -0.2) is 38.9 Å². The Bertz CT molecular complexity index is 150. The van der Waals surface area contributed by atoms with Crippen LogP contribution in [0.4, 0.5) is 0 Å². The molecule has 0 heterocycles. The van der Waals surface area contributed by atoms with Gasteiger partial charge in [-0.3, -0.25) is 4.79 Å². The number of nitrogens with one attached hydrogen (secondary N) is 1. The molecule has 84 valence electrons. The molecule has 0 aromatic heterocycles. The lowest BCUT2D eigenvalue weighted by Gasteiger charge is -2.11. The second kappa shape index (κ2) is 8.97. The van der Waals surface area contributed by atoms with Crippen molar-refractivity contribution in [3.63, 3.8) is 0 Å². The number of rotatable bonds is 8. The molecule has 0 amide bonds. The molecule has 14 heavy (non-hydrogen) atoms. The van der Waals surface area contributed by atoms with E-state index in [-0.39, 0.29) is 12.0 Å². The van der Waals surface area contributed by atoms with Gasteiger partial charge in [0.1, 0.15) is 0 Å². The molecule has 0 saturated heterocycles. The summed E-state index contributed by atoms with van der Waals surface area (Å²) in [5, 5.41) is 3.23. The summed E-state index contributed by atoms with van der Waals surface area (Å²) in [7, 11) is 1.41. The van der Waals surface area contributed by atoms with E-state index in [0.29, 0.717) is 6.42 Å². The van der Waals surface area contributed by atoms with E-state index in [9.17, 15) is 4.79 Å². The zero-order valence-corrected chi connectivity index (χ0v) is 9.34. The van der Waals surface area contributed by atoms with Gasteiger partial charge in [-0.1, -0.05) is 0 Å². The van der Waals surface area contributed by atoms with Gasteiger partial charge >= 0.3 is 5.97 Å². The number of hydrogen-bond acceptors (Lipinski definition) is 4. The van der Waals surface area contributed by atoms with Crippen molar-refractivity contribution < 1.29 is 14.3 Å². The number of ether oxygens (including phenoxy) is 2. The molecule has 0 spiro atoms. The minimum Gasteiger partial charge on any atom is -0.469 e. The standard InChI is InChI=1S/C10H21NO3/c1-4-14-7-5-6-11-9(2)8-10(12)13-3/h9,11H,4-8H2,1-3H3/t9-/m0/s1. The van der Waals surface area contributed by atoms with Crippen molar-refractivity contribution in [1.82, 2.24) is 5.32 Å². The van der Waals surface area contributed by atoms with Crippen LogP contribution in [0.15, 0.2) is 0 Å². The summed E-state index contributed by atoms with van der Waals surface area (Å²) in [4.78, 5) is 10.9. The molecule has 4 nitrogen and oxygen atoms in total. The summed E-state index contributed by atoms with van der Waals surface area (Å²) in [6.07, 6.45) is 1.39. The maximum Gasteiger partial charge on any atom is 0.307 e. The maximum atomic E-state index is 10.9. The topological polar surface area (TPSA) is 47.6 Å². The van der Waals surface area contributed by atoms with Gasteiger partial charge in [-0.15, -0.1) is 0 Å². The molecule has 0 saturated carbocycles. The van der Waals surface area contributed by atoms with Crippen LogP contribution in [0.1, 0.15) is 26.7 Å². The van der Waals surface area contributed by atoms with Gasteiger partial charge in [0.15, 0.2) is 0 Å². The molecule has 1 atom stereocenters. The third kappa shape index (κ3) is 8.01. The van der Waals surface area contributed by atoms with E-state index >= 15 is 0 Å². The lowest BCUT2D eigenvalue weighted by atomic mass is 10.2. The van der Waals surface area contributed by atoms with Gasteiger partial charge in [-0.2, -0.15) is 0 Å². The molecule has 0 radical (unpaired) electrons. The molecule has 0 bridgehead atoms. The normalized spacial score (nSPS) is 12.5. The molecule has 0 aliphatic heterocycles. The van der Waals surface area contributed by atoms with Crippen molar-refractivity contribution >= 4 is 5.97 Å². The van der Waals surface area contributed by atoms with Gasteiger partial charge in [0.2, 0.25) is 0 Å². The van der Waals surface area contributed by atoms with Crippen LogP contribution in [0.3, 0.4) is 0 Å². The molecule has 0 aliphatic rings. The Morgan fingerprint density at radius 3 is 2.79 bits per heavy atom. The Morgan fingerprint density at radius 2 is 2.21 bits per heavy atom. The first-order chi connectivity index (χ1) is 6.70. The van der Waals surface area contributed by atoms with Crippen LogP contribution in [0, 0.1) is 0 Å². The lowest BCUT2D eigenvalue weighted by molar-refractivity contribution is -0.141. The molecular formula is C10H21NO3. The predicted octanol–water partition coefficient (Wildman–Crippen LogP) is 0.954.